The summed E-state index contributed by atoms with van der Waals surface area (Å²) >= 11 is 3.14. The van der Waals surface area contributed by atoms with Crippen molar-refractivity contribution in [3.05, 3.63) is 40.3 Å². The number of hydrogen-bond acceptors (Lipinski definition) is 4. The monoisotopic (exact) mass is 333 g/mol. The number of hydrogen-bond donors (Lipinski definition) is 1. The molecule has 1 heterocycles. The molecule has 0 bridgehead atoms. The number of nitrogens with zero attached hydrogens (tertiary/aromatic N) is 2. The van der Waals surface area contributed by atoms with E-state index in [1.807, 2.05) is 0 Å². The van der Waals surface area contributed by atoms with Crippen molar-refractivity contribution >= 4 is 27.6 Å². The Labute approximate surface area is 114 Å². The number of rotatable bonds is 3. The second kappa shape index (κ2) is 5.43. The van der Waals surface area contributed by atoms with Crippen LogP contribution in [0.25, 0.3) is 0 Å². The lowest BCUT2D eigenvalue weighted by Gasteiger charge is -2.08. The summed E-state index contributed by atoms with van der Waals surface area (Å²) < 4.78 is 44.9. The number of methoxy groups -OCH3 is 1. The third-order valence-electron chi connectivity index (χ3n) is 2.14. The SMILES string of the molecule is COc1nc(Nc2cc(F)cc(F)c2F)ncc1Br. The summed E-state index contributed by atoms with van der Waals surface area (Å²) in [6, 6.07) is 1.25. The maximum atomic E-state index is 13.4. The highest BCUT2D eigenvalue weighted by Gasteiger charge is 2.13. The van der Waals surface area contributed by atoms with Crippen LogP contribution >= 0.6 is 15.9 Å². The molecule has 0 saturated heterocycles. The van der Waals surface area contributed by atoms with Gasteiger partial charge < -0.3 is 10.1 Å². The van der Waals surface area contributed by atoms with Gasteiger partial charge in [-0.2, -0.15) is 4.98 Å². The standard InChI is InChI=1S/C11H7BrF3N3O/c1-19-10-6(12)4-16-11(18-10)17-8-3-5(13)2-7(14)9(8)15/h2-4H,1H3,(H,16,17,18). The van der Waals surface area contributed by atoms with Crippen LogP contribution in [-0.2, 0) is 0 Å². The molecular weight excluding hydrogens is 327 g/mol. The van der Waals surface area contributed by atoms with Crippen molar-refractivity contribution in [2.45, 2.75) is 0 Å². The molecule has 0 unspecified atom stereocenters. The van der Waals surface area contributed by atoms with Crippen molar-refractivity contribution in [2.24, 2.45) is 0 Å². The van der Waals surface area contributed by atoms with Crippen LogP contribution in [0.1, 0.15) is 0 Å². The summed E-state index contributed by atoms with van der Waals surface area (Å²) in [5.74, 6) is -3.28. The summed E-state index contributed by atoms with van der Waals surface area (Å²) in [7, 11) is 1.39. The minimum Gasteiger partial charge on any atom is -0.480 e. The minimum absolute atomic E-state index is 0.0519. The largest absolute Gasteiger partial charge is 0.480 e. The van der Waals surface area contributed by atoms with Crippen molar-refractivity contribution < 1.29 is 17.9 Å². The molecule has 0 amide bonds. The van der Waals surface area contributed by atoms with Gasteiger partial charge in [0, 0.05) is 12.1 Å². The first-order valence-electron chi connectivity index (χ1n) is 4.99. The number of ether oxygens (including phenoxy) is 1. The molecule has 100 valence electrons. The van der Waals surface area contributed by atoms with E-state index in [4.69, 9.17) is 4.74 Å². The van der Waals surface area contributed by atoms with Gasteiger partial charge in [0.25, 0.3) is 0 Å². The zero-order valence-electron chi connectivity index (χ0n) is 9.55. The van der Waals surface area contributed by atoms with Gasteiger partial charge in [-0.25, -0.2) is 18.2 Å². The van der Waals surface area contributed by atoms with Gasteiger partial charge in [0.2, 0.25) is 11.8 Å². The molecule has 0 radical (unpaired) electrons. The Morgan fingerprint density at radius 2 is 2.00 bits per heavy atom. The van der Waals surface area contributed by atoms with Crippen LogP contribution in [0, 0.1) is 17.5 Å². The fraction of sp³-hybridized carbons (Fsp3) is 0.0909. The van der Waals surface area contributed by atoms with Crippen LogP contribution in [0.5, 0.6) is 5.88 Å². The van der Waals surface area contributed by atoms with Gasteiger partial charge in [-0.3, -0.25) is 0 Å². The lowest BCUT2D eigenvalue weighted by Crippen LogP contribution is -2.02. The number of halogens is 4. The van der Waals surface area contributed by atoms with Crippen molar-refractivity contribution in [2.75, 3.05) is 12.4 Å². The fourth-order valence-corrected chi connectivity index (χ4v) is 1.68. The first-order chi connectivity index (χ1) is 9.01. The lowest BCUT2D eigenvalue weighted by atomic mass is 10.3. The van der Waals surface area contributed by atoms with Crippen molar-refractivity contribution in [3.63, 3.8) is 0 Å². The van der Waals surface area contributed by atoms with Gasteiger partial charge in [0.15, 0.2) is 11.6 Å². The van der Waals surface area contributed by atoms with E-state index in [1.165, 1.54) is 13.3 Å². The topological polar surface area (TPSA) is 47.0 Å². The highest BCUT2D eigenvalue weighted by molar-refractivity contribution is 9.10. The average Bonchev–Trinajstić information content (AvgIpc) is 2.37. The molecule has 1 N–H and O–H groups in total. The molecule has 0 aliphatic rings. The molecule has 1 aromatic heterocycles. The van der Waals surface area contributed by atoms with Crippen LogP contribution in [-0.4, -0.2) is 17.1 Å². The Kier molecular flexibility index (Phi) is 3.89. The smallest absolute Gasteiger partial charge is 0.232 e. The lowest BCUT2D eigenvalue weighted by molar-refractivity contribution is 0.394. The normalized spacial score (nSPS) is 10.4. The van der Waals surface area contributed by atoms with Gasteiger partial charge in [-0.15, -0.1) is 0 Å². The highest BCUT2D eigenvalue weighted by atomic mass is 79.9. The van der Waals surface area contributed by atoms with E-state index in [0.717, 1.165) is 6.07 Å². The predicted octanol–water partition coefficient (Wildman–Crippen LogP) is 3.41. The molecular formula is C11H7BrF3N3O. The number of nitrogens with one attached hydrogen (secondary N) is 1. The maximum Gasteiger partial charge on any atom is 0.232 e. The van der Waals surface area contributed by atoms with E-state index in [0.29, 0.717) is 10.5 Å². The number of anilines is 2. The summed E-state index contributed by atoms with van der Waals surface area (Å²) in [5.41, 5.74) is -0.401. The molecule has 0 saturated carbocycles. The van der Waals surface area contributed by atoms with E-state index < -0.39 is 23.1 Å². The van der Waals surface area contributed by atoms with Gasteiger partial charge in [0.1, 0.15) is 5.82 Å². The van der Waals surface area contributed by atoms with E-state index in [2.05, 4.69) is 31.2 Å². The fourth-order valence-electron chi connectivity index (χ4n) is 1.32. The third kappa shape index (κ3) is 2.95. The summed E-state index contributed by atoms with van der Waals surface area (Å²) in [5, 5.41) is 2.38. The second-order valence-electron chi connectivity index (χ2n) is 3.42. The third-order valence-corrected chi connectivity index (χ3v) is 2.69. The first kappa shape index (κ1) is 13.6. The predicted molar refractivity (Wildman–Crippen MR) is 65.9 cm³/mol. The molecule has 0 atom stereocenters. The van der Waals surface area contributed by atoms with Gasteiger partial charge in [-0.05, 0) is 15.9 Å². The van der Waals surface area contributed by atoms with Crippen molar-refractivity contribution in [1.29, 1.82) is 0 Å². The van der Waals surface area contributed by atoms with Crippen LogP contribution in [0.15, 0.2) is 22.8 Å². The number of benzene rings is 1. The Morgan fingerprint density at radius 3 is 2.68 bits per heavy atom. The van der Waals surface area contributed by atoms with Gasteiger partial charge in [0.05, 0.1) is 23.5 Å². The van der Waals surface area contributed by atoms with E-state index in [1.54, 1.807) is 0 Å². The van der Waals surface area contributed by atoms with E-state index >= 15 is 0 Å². The summed E-state index contributed by atoms with van der Waals surface area (Å²) in [6.45, 7) is 0. The van der Waals surface area contributed by atoms with Crippen molar-refractivity contribution in [3.8, 4) is 5.88 Å². The Morgan fingerprint density at radius 1 is 1.26 bits per heavy atom. The first-order valence-corrected chi connectivity index (χ1v) is 5.78. The highest BCUT2D eigenvalue weighted by Crippen LogP contribution is 2.25. The molecule has 0 spiro atoms. The van der Waals surface area contributed by atoms with Crippen LogP contribution in [0.2, 0.25) is 0 Å². The van der Waals surface area contributed by atoms with Gasteiger partial charge >= 0.3 is 0 Å². The van der Waals surface area contributed by atoms with Crippen LogP contribution in [0.4, 0.5) is 24.8 Å². The molecule has 4 nitrogen and oxygen atoms in total. The van der Waals surface area contributed by atoms with Crippen LogP contribution < -0.4 is 10.1 Å². The quantitative estimate of drug-likeness (QED) is 0.874. The minimum atomic E-state index is -1.30. The van der Waals surface area contributed by atoms with E-state index in [-0.39, 0.29) is 11.8 Å². The molecule has 0 fully saturated rings. The zero-order valence-corrected chi connectivity index (χ0v) is 11.1. The Bertz CT molecular complexity index is 624. The van der Waals surface area contributed by atoms with E-state index in [9.17, 15) is 13.2 Å². The summed E-state index contributed by atoms with van der Waals surface area (Å²) in [4.78, 5) is 7.71. The molecule has 0 aliphatic carbocycles. The Balaban J connectivity index is 2.36. The molecule has 2 aromatic rings. The molecule has 0 aliphatic heterocycles. The Hall–Kier alpha value is -1.83. The molecule has 1 aromatic carbocycles. The van der Waals surface area contributed by atoms with Crippen LogP contribution in [0.3, 0.4) is 0 Å². The average molecular weight is 334 g/mol. The molecule has 8 heteroatoms. The van der Waals surface area contributed by atoms with Gasteiger partial charge in [-0.1, -0.05) is 0 Å². The molecule has 2 rings (SSSR count). The zero-order chi connectivity index (χ0) is 14.0. The second-order valence-corrected chi connectivity index (χ2v) is 4.28. The maximum absolute atomic E-state index is 13.4. The summed E-state index contributed by atoms with van der Waals surface area (Å²) in [6.07, 6.45) is 1.36. The molecule has 19 heavy (non-hydrogen) atoms. The number of aromatic nitrogens is 2. The van der Waals surface area contributed by atoms with Crippen molar-refractivity contribution in [1.82, 2.24) is 9.97 Å².